The molecule has 1 N–H and O–H groups in total. The maximum atomic E-state index is 12.5. The molecule has 2 aliphatic carbocycles. The molecule has 0 aromatic carbocycles. The van der Waals surface area contributed by atoms with Crippen molar-refractivity contribution in [1.82, 2.24) is 0 Å². The number of ether oxygens (including phenoxy) is 2. The molecule has 2 heterocycles. The topological polar surface area (TPSA) is 153 Å². The monoisotopic (exact) mass is 512 g/mol. The summed E-state index contributed by atoms with van der Waals surface area (Å²) < 4.78 is 10.7. The SMILES string of the molecule is O=C([O-])C1=CC(=O)C2C(CCC(O)CCC3=CC=CC4OC(C(=O)[O-])=CC(=O)C34)=CC=CC2O1.[Na+].[Na+]. The Hall–Kier alpha value is -1.72. The molecule has 0 saturated heterocycles. The van der Waals surface area contributed by atoms with E-state index in [0.29, 0.717) is 25.7 Å². The summed E-state index contributed by atoms with van der Waals surface area (Å²) in [5, 5.41) is 32.6. The first-order valence-corrected chi connectivity index (χ1v) is 10.9. The van der Waals surface area contributed by atoms with Gasteiger partial charge in [-0.15, -0.1) is 0 Å². The Morgan fingerprint density at radius 2 is 1.19 bits per heavy atom. The molecule has 0 amide bonds. The van der Waals surface area contributed by atoms with Crippen LogP contribution in [0.15, 0.2) is 71.3 Å². The second-order valence-electron chi connectivity index (χ2n) is 8.50. The number of carbonyl (C=O) groups excluding carboxylic acids is 4. The summed E-state index contributed by atoms with van der Waals surface area (Å²) in [5.74, 6) is -6.14. The van der Waals surface area contributed by atoms with E-state index in [2.05, 4.69) is 0 Å². The molecule has 11 heteroatoms. The second-order valence-corrected chi connectivity index (χ2v) is 8.50. The van der Waals surface area contributed by atoms with Crippen molar-refractivity contribution in [2.24, 2.45) is 11.8 Å². The van der Waals surface area contributed by atoms with E-state index in [0.717, 1.165) is 23.3 Å². The minimum atomic E-state index is -1.55. The van der Waals surface area contributed by atoms with Gasteiger partial charge in [0, 0.05) is 12.2 Å². The summed E-state index contributed by atoms with van der Waals surface area (Å²) in [7, 11) is 0. The third-order valence-electron chi connectivity index (χ3n) is 6.30. The molecule has 0 radical (unpaired) electrons. The van der Waals surface area contributed by atoms with Crippen molar-refractivity contribution in [1.29, 1.82) is 0 Å². The summed E-state index contributed by atoms with van der Waals surface area (Å²) in [6, 6.07) is 0. The van der Waals surface area contributed by atoms with Gasteiger partial charge in [-0.2, -0.15) is 0 Å². The van der Waals surface area contributed by atoms with Gasteiger partial charge in [0.15, 0.2) is 11.6 Å². The van der Waals surface area contributed by atoms with Crippen molar-refractivity contribution in [3.05, 3.63) is 71.3 Å². The van der Waals surface area contributed by atoms with Crippen LogP contribution in [0.1, 0.15) is 25.7 Å². The van der Waals surface area contributed by atoms with E-state index < -0.39 is 53.6 Å². The van der Waals surface area contributed by atoms with Crippen molar-refractivity contribution in [3.63, 3.8) is 0 Å². The molecule has 0 saturated carbocycles. The number of aliphatic carboxylic acids is 2. The quantitative estimate of drug-likeness (QED) is 0.313. The van der Waals surface area contributed by atoms with Gasteiger partial charge >= 0.3 is 59.1 Å². The van der Waals surface area contributed by atoms with Crippen molar-refractivity contribution in [3.8, 4) is 0 Å². The number of hydrogen-bond acceptors (Lipinski definition) is 9. The first kappa shape index (κ1) is 30.5. The zero-order chi connectivity index (χ0) is 24.4. The first-order chi connectivity index (χ1) is 16.2. The maximum absolute atomic E-state index is 12.5. The summed E-state index contributed by atoms with van der Waals surface area (Å²) in [5.41, 5.74) is 1.47. The molecular weight excluding hydrogens is 490 g/mol. The fraction of sp³-hybridized carbons (Fsp3) is 0.360. The third-order valence-corrected chi connectivity index (χ3v) is 6.30. The van der Waals surface area contributed by atoms with E-state index in [-0.39, 0.29) is 70.7 Å². The average molecular weight is 512 g/mol. The summed E-state index contributed by atoms with van der Waals surface area (Å²) in [6.45, 7) is 0. The van der Waals surface area contributed by atoms with E-state index in [9.17, 15) is 34.5 Å². The van der Waals surface area contributed by atoms with Crippen LogP contribution in [0.3, 0.4) is 0 Å². The minimum absolute atomic E-state index is 0. The number of allylic oxidation sites excluding steroid dienone is 6. The number of carbonyl (C=O) groups is 4. The van der Waals surface area contributed by atoms with Crippen LogP contribution in [0.25, 0.3) is 0 Å². The van der Waals surface area contributed by atoms with Crippen LogP contribution in [0.4, 0.5) is 0 Å². The van der Waals surface area contributed by atoms with Crippen LogP contribution >= 0.6 is 0 Å². The Morgan fingerprint density at radius 3 is 1.56 bits per heavy atom. The summed E-state index contributed by atoms with van der Waals surface area (Å²) in [4.78, 5) is 47.0. The predicted octanol–water partition coefficient (Wildman–Crippen LogP) is -6.66. The summed E-state index contributed by atoms with van der Waals surface area (Å²) >= 11 is 0. The van der Waals surface area contributed by atoms with Crippen LogP contribution in [-0.4, -0.2) is 46.9 Å². The van der Waals surface area contributed by atoms with Gasteiger partial charge in [-0.3, -0.25) is 9.59 Å². The van der Waals surface area contributed by atoms with Crippen molar-refractivity contribution >= 4 is 23.5 Å². The van der Waals surface area contributed by atoms with E-state index in [1.165, 1.54) is 0 Å². The number of fused-ring (bicyclic) bond motifs is 2. The van der Waals surface area contributed by atoms with Crippen molar-refractivity contribution in [2.45, 2.75) is 44.0 Å². The molecule has 4 aliphatic rings. The number of hydrogen-bond donors (Lipinski definition) is 1. The molecule has 0 spiro atoms. The van der Waals surface area contributed by atoms with Crippen LogP contribution in [0.2, 0.25) is 0 Å². The minimum Gasteiger partial charge on any atom is -0.542 e. The van der Waals surface area contributed by atoms with E-state index >= 15 is 0 Å². The Labute approximate surface area is 251 Å². The van der Waals surface area contributed by atoms with E-state index in [1.807, 2.05) is 0 Å². The number of carboxylic acid groups (broad SMARTS) is 2. The molecule has 36 heavy (non-hydrogen) atoms. The Kier molecular flexibility index (Phi) is 11.2. The largest absolute Gasteiger partial charge is 1.00 e. The number of aliphatic hydroxyl groups excluding tert-OH is 1. The fourth-order valence-electron chi connectivity index (χ4n) is 4.63. The molecule has 0 bridgehead atoms. The molecule has 0 fully saturated rings. The molecule has 0 aromatic heterocycles. The zero-order valence-corrected chi connectivity index (χ0v) is 24.0. The molecule has 0 aromatic rings. The molecule has 178 valence electrons. The number of ketones is 2. The summed E-state index contributed by atoms with van der Waals surface area (Å²) in [6.07, 6.45) is 11.3. The normalized spacial score (nSPS) is 26.7. The standard InChI is InChI=1S/C25H24O9.2Na/c26-15(9-7-13-3-1-5-18-22(13)16(27)11-20(33-18)24(29)30)10-8-14-4-2-6-19-23(14)17(28)12-21(34-19)25(31)32;;/h1-6,11-12,15,18-19,22-23,26H,7-10H2,(H,29,30)(H,31,32);;/q;2*+1/p-2. The molecule has 4 rings (SSSR count). The average Bonchev–Trinajstić information content (AvgIpc) is 2.80. The van der Waals surface area contributed by atoms with Gasteiger partial charge < -0.3 is 34.4 Å². The van der Waals surface area contributed by atoms with Gasteiger partial charge in [0.25, 0.3) is 0 Å². The van der Waals surface area contributed by atoms with Crippen LogP contribution in [0.5, 0.6) is 0 Å². The van der Waals surface area contributed by atoms with Crippen LogP contribution in [-0.2, 0) is 28.7 Å². The smallest absolute Gasteiger partial charge is 0.542 e. The van der Waals surface area contributed by atoms with Gasteiger partial charge in [0.1, 0.15) is 35.7 Å². The second kappa shape index (κ2) is 13.2. The van der Waals surface area contributed by atoms with Gasteiger partial charge in [-0.25, -0.2) is 0 Å². The first-order valence-electron chi connectivity index (χ1n) is 10.9. The Bertz CT molecular complexity index is 1030. The molecule has 9 nitrogen and oxygen atoms in total. The van der Waals surface area contributed by atoms with Gasteiger partial charge in [0.05, 0.1) is 17.9 Å². The van der Waals surface area contributed by atoms with Crippen LogP contribution < -0.4 is 69.3 Å². The van der Waals surface area contributed by atoms with Crippen molar-refractivity contribution < 1.29 is 103 Å². The Balaban J connectivity index is 0.00000228. The number of carboxylic acids is 2. The number of aliphatic hydroxyl groups is 1. The predicted molar refractivity (Wildman–Crippen MR) is 112 cm³/mol. The van der Waals surface area contributed by atoms with Crippen LogP contribution in [0, 0.1) is 11.8 Å². The third kappa shape index (κ3) is 6.77. The van der Waals surface area contributed by atoms with Gasteiger partial charge in [0.2, 0.25) is 0 Å². The number of rotatable bonds is 8. The molecule has 4 unspecified atom stereocenters. The van der Waals surface area contributed by atoms with Gasteiger partial charge in [-0.1, -0.05) is 35.5 Å². The van der Waals surface area contributed by atoms with Gasteiger partial charge in [-0.05, 0) is 37.8 Å². The van der Waals surface area contributed by atoms with E-state index in [4.69, 9.17) is 9.47 Å². The molecular formula is C25H22Na2O9. The zero-order valence-electron chi connectivity index (χ0n) is 20.0. The Morgan fingerprint density at radius 1 is 0.806 bits per heavy atom. The van der Waals surface area contributed by atoms with E-state index in [1.54, 1.807) is 36.5 Å². The molecule has 2 aliphatic heterocycles. The van der Waals surface area contributed by atoms with Crippen molar-refractivity contribution in [2.75, 3.05) is 0 Å². The maximum Gasteiger partial charge on any atom is 1.00 e. The molecule has 4 atom stereocenters. The fourth-order valence-corrected chi connectivity index (χ4v) is 4.63.